The Morgan fingerprint density at radius 2 is 1.82 bits per heavy atom. The number of hydrogen-bond donors (Lipinski definition) is 2. The van der Waals surface area contributed by atoms with Crippen molar-refractivity contribution in [3.63, 3.8) is 0 Å². The maximum Gasteiger partial charge on any atom is 0.318 e. The van der Waals surface area contributed by atoms with Crippen molar-refractivity contribution in [2.45, 2.75) is 25.4 Å². The number of primary amides is 1. The van der Waals surface area contributed by atoms with E-state index in [4.69, 9.17) is 15.2 Å². The number of rotatable bonds is 4. The molecule has 34 heavy (non-hydrogen) atoms. The molecular formula is C24H27N7O3. The topological polar surface area (TPSA) is 118 Å². The number of fused-ring (bicyclic) bond motifs is 2. The van der Waals surface area contributed by atoms with Gasteiger partial charge in [-0.05, 0) is 30.5 Å². The number of para-hydroxylation sites is 1. The Labute approximate surface area is 197 Å². The molecule has 1 fully saturated rings. The zero-order valence-corrected chi connectivity index (χ0v) is 19.2. The van der Waals surface area contributed by atoms with Crippen LogP contribution in [-0.4, -0.2) is 60.2 Å². The summed E-state index contributed by atoms with van der Waals surface area (Å²) in [4.78, 5) is 29.7. The molecule has 0 spiro atoms. The van der Waals surface area contributed by atoms with Gasteiger partial charge in [-0.15, -0.1) is 0 Å². The lowest BCUT2D eigenvalue weighted by Gasteiger charge is -2.41. The van der Waals surface area contributed by atoms with Crippen molar-refractivity contribution in [2.24, 2.45) is 10.7 Å². The van der Waals surface area contributed by atoms with Crippen molar-refractivity contribution in [3.05, 3.63) is 48.3 Å². The summed E-state index contributed by atoms with van der Waals surface area (Å²) in [6, 6.07) is 11.3. The molecule has 0 bridgehead atoms. The maximum absolute atomic E-state index is 11.6. The Bertz CT molecular complexity index is 1250. The Kier molecular flexibility index (Phi) is 5.79. The zero-order chi connectivity index (χ0) is 23.7. The second-order valence-electron chi connectivity index (χ2n) is 8.32. The van der Waals surface area contributed by atoms with E-state index in [0.29, 0.717) is 24.0 Å². The van der Waals surface area contributed by atoms with Crippen molar-refractivity contribution in [1.29, 1.82) is 0 Å². The van der Waals surface area contributed by atoms with E-state index in [-0.39, 0.29) is 6.04 Å². The number of aromatic nitrogens is 2. The van der Waals surface area contributed by atoms with Gasteiger partial charge in [0.25, 0.3) is 0 Å². The van der Waals surface area contributed by atoms with Crippen LogP contribution in [0.1, 0.15) is 18.4 Å². The van der Waals surface area contributed by atoms with Gasteiger partial charge < -0.3 is 25.0 Å². The van der Waals surface area contributed by atoms with E-state index in [2.05, 4.69) is 36.1 Å². The van der Waals surface area contributed by atoms with Crippen molar-refractivity contribution < 1.29 is 14.3 Å². The summed E-state index contributed by atoms with van der Waals surface area (Å²) in [5, 5.41) is 3.63. The molecule has 3 N–H and O–H groups in total. The first-order valence-corrected chi connectivity index (χ1v) is 11.2. The van der Waals surface area contributed by atoms with E-state index >= 15 is 0 Å². The fraction of sp³-hybridized carbons (Fsp3) is 0.333. The minimum absolute atomic E-state index is 0.206. The number of hydrogen-bond acceptors (Lipinski definition) is 8. The van der Waals surface area contributed by atoms with Crippen LogP contribution < -0.4 is 25.4 Å². The Morgan fingerprint density at radius 3 is 2.56 bits per heavy atom. The number of anilines is 1. The van der Waals surface area contributed by atoms with Gasteiger partial charge in [0.2, 0.25) is 5.96 Å². The molecular weight excluding hydrogens is 434 g/mol. The largest absolute Gasteiger partial charge is 0.493 e. The van der Waals surface area contributed by atoms with Crippen LogP contribution in [0, 0.1) is 0 Å². The number of nitrogens with two attached hydrogens (primary N) is 1. The molecule has 5 rings (SSSR count). The summed E-state index contributed by atoms with van der Waals surface area (Å²) in [5.41, 5.74) is 8.22. The lowest BCUT2D eigenvalue weighted by Crippen LogP contribution is -2.54. The molecule has 2 aliphatic rings. The predicted octanol–water partition coefficient (Wildman–Crippen LogP) is 2.79. The van der Waals surface area contributed by atoms with E-state index in [1.54, 1.807) is 20.5 Å². The minimum atomic E-state index is -0.614. The number of ether oxygens (including phenoxy) is 2. The molecule has 176 valence electrons. The van der Waals surface area contributed by atoms with E-state index in [1.807, 2.05) is 30.3 Å². The fourth-order valence-corrected chi connectivity index (χ4v) is 4.71. The summed E-state index contributed by atoms with van der Waals surface area (Å²) in [6.07, 6.45) is 3.33. The predicted molar refractivity (Wildman–Crippen MR) is 130 cm³/mol. The number of benzene rings is 2. The van der Waals surface area contributed by atoms with E-state index in [1.165, 1.54) is 0 Å². The van der Waals surface area contributed by atoms with E-state index in [9.17, 15) is 4.79 Å². The second-order valence-corrected chi connectivity index (χ2v) is 8.32. The van der Waals surface area contributed by atoms with E-state index in [0.717, 1.165) is 53.9 Å². The Morgan fingerprint density at radius 1 is 1.09 bits per heavy atom. The molecule has 3 heterocycles. The third kappa shape index (κ3) is 4.02. The SMILES string of the molecule is COc1cc2ncnc(N3CCC(N4Cc5ccccc5N=C4NC(N)=O)CC3)c2cc1OC. The molecule has 2 aliphatic heterocycles. The number of nitrogens with one attached hydrogen (secondary N) is 1. The van der Waals surface area contributed by atoms with Crippen LogP contribution >= 0.6 is 0 Å². The normalized spacial score (nSPS) is 16.1. The first-order chi connectivity index (χ1) is 16.6. The third-order valence-electron chi connectivity index (χ3n) is 6.39. The molecule has 10 nitrogen and oxygen atoms in total. The Balaban J connectivity index is 1.38. The quantitative estimate of drug-likeness (QED) is 0.613. The average Bonchev–Trinajstić information content (AvgIpc) is 2.87. The van der Waals surface area contributed by atoms with Gasteiger partial charge in [0.1, 0.15) is 12.1 Å². The molecule has 0 radical (unpaired) electrons. The summed E-state index contributed by atoms with van der Waals surface area (Å²) >= 11 is 0. The van der Waals surface area contributed by atoms with Crippen LogP contribution in [0.25, 0.3) is 10.9 Å². The molecule has 2 aromatic carbocycles. The molecule has 0 aliphatic carbocycles. The summed E-state index contributed by atoms with van der Waals surface area (Å²) < 4.78 is 10.9. The van der Waals surface area contributed by atoms with Crippen LogP contribution in [0.2, 0.25) is 0 Å². The maximum atomic E-state index is 11.6. The minimum Gasteiger partial charge on any atom is -0.493 e. The number of carbonyl (C=O) groups excluding carboxylic acids is 1. The number of nitrogens with zero attached hydrogens (tertiary/aromatic N) is 5. The van der Waals surface area contributed by atoms with E-state index < -0.39 is 6.03 Å². The number of methoxy groups -OCH3 is 2. The third-order valence-corrected chi connectivity index (χ3v) is 6.39. The summed E-state index contributed by atoms with van der Waals surface area (Å²) in [7, 11) is 3.23. The number of aliphatic imine (C=N–C) groups is 1. The lowest BCUT2D eigenvalue weighted by atomic mass is 10.0. The van der Waals surface area contributed by atoms with Crippen molar-refractivity contribution in [2.75, 3.05) is 32.2 Å². The second kappa shape index (κ2) is 9.05. The highest BCUT2D eigenvalue weighted by Gasteiger charge is 2.31. The molecule has 0 saturated carbocycles. The van der Waals surface area contributed by atoms with Crippen LogP contribution in [0.4, 0.5) is 16.3 Å². The first-order valence-electron chi connectivity index (χ1n) is 11.2. The molecule has 0 unspecified atom stereocenters. The number of urea groups is 1. The highest BCUT2D eigenvalue weighted by atomic mass is 16.5. The monoisotopic (exact) mass is 461 g/mol. The van der Waals surface area contributed by atoms with Gasteiger partial charge in [0.05, 0.1) is 25.4 Å². The number of carbonyl (C=O) groups is 1. The van der Waals surface area contributed by atoms with Gasteiger partial charge in [-0.25, -0.2) is 19.8 Å². The van der Waals surface area contributed by atoms with Gasteiger partial charge in [-0.2, -0.15) is 0 Å². The molecule has 1 saturated heterocycles. The van der Waals surface area contributed by atoms with Gasteiger partial charge in [0, 0.05) is 37.1 Å². The van der Waals surface area contributed by atoms with Gasteiger partial charge in [-0.3, -0.25) is 5.32 Å². The van der Waals surface area contributed by atoms with Crippen LogP contribution in [0.3, 0.4) is 0 Å². The molecule has 2 amide bonds. The fourth-order valence-electron chi connectivity index (χ4n) is 4.71. The first kappa shape index (κ1) is 21.7. The molecule has 1 aromatic heterocycles. The molecule has 0 atom stereocenters. The van der Waals surface area contributed by atoms with Gasteiger partial charge >= 0.3 is 6.03 Å². The summed E-state index contributed by atoms with van der Waals surface area (Å²) in [6.45, 7) is 2.27. The van der Waals surface area contributed by atoms with Crippen LogP contribution in [-0.2, 0) is 6.54 Å². The lowest BCUT2D eigenvalue weighted by molar-refractivity contribution is 0.237. The molecule has 3 aromatic rings. The van der Waals surface area contributed by atoms with Gasteiger partial charge in [-0.1, -0.05) is 18.2 Å². The van der Waals surface area contributed by atoms with Crippen molar-refractivity contribution in [3.8, 4) is 11.5 Å². The number of guanidine groups is 1. The highest BCUT2D eigenvalue weighted by Crippen LogP contribution is 2.36. The smallest absolute Gasteiger partial charge is 0.318 e. The van der Waals surface area contributed by atoms with Crippen molar-refractivity contribution >= 4 is 34.4 Å². The van der Waals surface area contributed by atoms with Crippen LogP contribution in [0.15, 0.2) is 47.7 Å². The summed E-state index contributed by atoms with van der Waals surface area (Å²) in [5.74, 6) is 2.66. The average molecular weight is 462 g/mol. The number of amides is 2. The zero-order valence-electron chi connectivity index (χ0n) is 19.2. The standard InChI is InChI=1S/C24H27N7O3/c1-33-20-11-17-19(12-21(20)34-2)26-14-27-22(17)30-9-7-16(8-10-30)31-13-15-5-3-4-6-18(15)28-24(31)29-23(25)32/h3-6,11-12,14,16H,7-10,13H2,1-2H3,(H3,25,28,29,32). The van der Waals surface area contributed by atoms with Crippen molar-refractivity contribution in [1.82, 2.24) is 20.2 Å². The Hall–Kier alpha value is -4.08. The number of piperidine rings is 1. The molecule has 10 heteroatoms. The highest BCUT2D eigenvalue weighted by molar-refractivity contribution is 5.98. The van der Waals surface area contributed by atoms with Gasteiger partial charge in [0.15, 0.2) is 11.5 Å². The van der Waals surface area contributed by atoms with Crippen LogP contribution in [0.5, 0.6) is 11.5 Å².